The van der Waals surface area contributed by atoms with Crippen LogP contribution >= 0.6 is 11.6 Å². The van der Waals surface area contributed by atoms with Crippen LogP contribution in [-0.2, 0) is 6.54 Å². The average molecular weight is 284 g/mol. The molecule has 1 fully saturated rings. The first kappa shape index (κ1) is 14.2. The first-order valence-electron chi connectivity index (χ1n) is 6.36. The molecule has 2 rings (SSSR count). The number of nitrogens with two attached hydrogens (primary N) is 1. The van der Waals surface area contributed by atoms with Gasteiger partial charge in [0.25, 0.3) is 5.69 Å². The highest BCUT2D eigenvalue weighted by Crippen LogP contribution is 2.35. The fourth-order valence-corrected chi connectivity index (χ4v) is 2.61. The Morgan fingerprint density at radius 1 is 1.58 bits per heavy atom. The summed E-state index contributed by atoms with van der Waals surface area (Å²) in [5, 5.41) is 11.4. The third kappa shape index (κ3) is 3.43. The molecule has 1 saturated carbocycles. The van der Waals surface area contributed by atoms with Gasteiger partial charge in [-0.15, -0.1) is 0 Å². The zero-order valence-electron chi connectivity index (χ0n) is 10.9. The normalized spacial score (nSPS) is 16.6. The molecule has 1 aromatic rings. The monoisotopic (exact) mass is 283 g/mol. The largest absolute Gasteiger partial charge is 0.329 e. The van der Waals surface area contributed by atoms with Gasteiger partial charge in [0, 0.05) is 35.8 Å². The lowest BCUT2D eigenvalue weighted by Gasteiger charge is -2.26. The maximum atomic E-state index is 11.0. The van der Waals surface area contributed by atoms with E-state index in [-0.39, 0.29) is 10.6 Å². The minimum Gasteiger partial charge on any atom is -0.329 e. The molecular formula is C13H18ClN3O2. The molecule has 0 heterocycles. The molecule has 0 saturated heterocycles. The topological polar surface area (TPSA) is 72.4 Å². The highest BCUT2D eigenvalue weighted by molar-refractivity contribution is 6.30. The second-order valence-electron chi connectivity index (χ2n) is 5.09. The van der Waals surface area contributed by atoms with Crippen LogP contribution in [0.5, 0.6) is 0 Å². The van der Waals surface area contributed by atoms with E-state index in [0.29, 0.717) is 35.6 Å². The van der Waals surface area contributed by atoms with Crippen LogP contribution in [0, 0.1) is 16.0 Å². The maximum absolute atomic E-state index is 11.0. The van der Waals surface area contributed by atoms with E-state index in [9.17, 15) is 10.1 Å². The Bertz CT molecular complexity index is 477. The van der Waals surface area contributed by atoms with E-state index in [1.165, 1.54) is 18.9 Å². The van der Waals surface area contributed by atoms with Gasteiger partial charge in [0.15, 0.2) is 0 Å². The lowest BCUT2D eigenvalue weighted by atomic mass is 10.1. The summed E-state index contributed by atoms with van der Waals surface area (Å²) >= 11 is 5.81. The molecule has 1 aliphatic carbocycles. The van der Waals surface area contributed by atoms with Gasteiger partial charge in [-0.3, -0.25) is 15.0 Å². The van der Waals surface area contributed by atoms with E-state index in [1.54, 1.807) is 12.1 Å². The molecule has 0 spiro atoms. The van der Waals surface area contributed by atoms with Crippen LogP contribution in [0.1, 0.15) is 18.4 Å². The van der Waals surface area contributed by atoms with Crippen molar-refractivity contribution in [1.29, 1.82) is 0 Å². The molecule has 0 radical (unpaired) electrons. The van der Waals surface area contributed by atoms with Gasteiger partial charge in [-0.05, 0) is 37.9 Å². The number of halogens is 1. The van der Waals surface area contributed by atoms with Gasteiger partial charge in [0.2, 0.25) is 0 Å². The Kier molecular flexibility index (Phi) is 4.39. The van der Waals surface area contributed by atoms with Gasteiger partial charge in [0.1, 0.15) is 0 Å². The van der Waals surface area contributed by atoms with Crippen molar-refractivity contribution in [2.75, 3.05) is 13.6 Å². The zero-order chi connectivity index (χ0) is 14.0. The number of likely N-dealkylation sites (N-methyl/N-ethyl adjacent to an activating group) is 1. The number of hydrogen-bond acceptors (Lipinski definition) is 4. The molecule has 0 amide bonds. The molecular weight excluding hydrogens is 266 g/mol. The highest BCUT2D eigenvalue weighted by atomic mass is 35.5. The highest BCUT2D eigenvalue weighted by Gasteiger charge is 2.33. The summed E-state index contributed by atoms with van der Waals surface area (Å²) in [6.07, 6.45) is 2.41. The summed E-state index contributed by atoms with van der Waals surface area (Å²) in [6, 6.07) is 5.11. The third-order valence-electron chi connectivity index (χ3n) is 3.64. The average Bonchev–Trinajstić information content (AvgIpc) is 3.16. The molecule has 1 aromatic carbocycles. The van der Waals surface area contributed by atoms with Crippen LogP contribution in [-0.4, -0.2) is 29.5 Å². The van der Waals surface area contributed by atoms with Crippen molar-refractivity contribution in [1.82, 2.24) is 4.90 Å². The lowest BCUT2D eigenvalue weighted by molar-refractivity contribution is -0.385. The molecule has 2 N–H and O–H groups in total. The predicted octanol–water partition coefficient (Wildman–Crippen LogP) is 2.42. The van der Waals surface area contributed by atoms with Crippen molar-refractivity contribution in [3.63, 3.8) is 0 Å². The van der Waals surface area contributed by atoms with E-state index in [0.717, 1.165) is 0 Å². The molecule has 0 aromatic heterocycles. The van der Waals surface area contributed by atoms with Gasteiger partial charge in [-0.25, -0.2) is 0 Å². The van der Waals surface area contributed by atoms with Crippen molar-refractivity contribution < 1.29 is 4.92 Å². The molecule has 0 aliphatic heterocycles. The fraction of sp³-hybridized carbons (Fsp3) is 0.538. The Labute approximate surface area is 117 Å². The van der Waals surface area contributed by atoms with E-state index < -0.39 is 0 Å². The first-order chi connectivity index (χ1) is 9.02. The summed E-state index contributed by atoms with van der Waals surface area (Å²) in [5.41, 5.74) is 6.55. The number of rotatable bonds is 6. The molecule has 19 heavy (non-hydrogen) atoms. The number of benzene rings is 1. The smallest absolute Gasteiger partial charge is 0.275 e. The van der Waals surface area contributed by atoms with Gasteiger partial charge in [0.05, 0.1) is 4.92 Å². The summed E-state index contributed by atoms with van der Waals surface area (Å²) in [6.45, 7) is 1.11. The lowest BCUT2D eigenvalue weighted by Crippen LogP contribution is -2.39. The minimum atomic E-state index is -0.385. The summed E-state index contributed by atoms with van der Waals surface area (Å²) in [4.78, 5) is 12.8. The molecule has 1 atom stereocenters. The van der Waals surface area contributed by atoms with E-state index in [4.69, 9.17) is 17.3 Å². The van der Waals surface area contributed by atoms with Gasteiger partial charge >= 0.3 is 0 Å². The predicted molar refractivity (Wildman–Crippen MR) is 75.1 cm³/mol. The SMILES string of the molecule is CN(Cc1ccc(Cl)cc1[N+](=O)[O-])C(CN)C1CC1. The van der Waals surface area contributed by atoms with Crippen LogP contribution in [0.3, 0.4) is 0 Å². The fourth-order valence-electron chi connectivity index (χ4n) is 2.44. The second-order valence-corrected chi connectivity index (χ2v) is 5.52. The Morgan fingerprint density at radius 2 is 2.26 bits per heavy atom. The Hall–Kier alpha value is -1.17. The Balaban J connectivity index is 2.15. The van der Waals surface area contributed by atoms with Gasteiger partial charge in [-0.1, -0.05) is 11.6 Å². The number of nitrogens with zero attached hydrogens (tertiary/aromatic N) is 2. The van der Waals surface area contributed by atoms with Crippen molar-refractivity contribution >= 4 is 17.3 Å². The van der Waals surface area contributed by atoms with Crippen molar-refractivity contribution in [3.05, 3.63) is 38.9 Å². The number of hydrogen-bond donors (Lipinski definition) is 1. The second kappa shape index (κ2) is 5.86. The third-order valence-corrected chi connectivity index (χ3v) is 3.87. The van der Waals surface area contributed by atoms with Crippen LogP contribution in [0.4, 0.5) is 5.69 Å². The van der Waals surface area contributed by atoms with E-state index >= 15 is 0 Å². The van der Waals surface area contributed by atoms with Crippen molar-refractivity contribution in [2.24, 2.45) is 11.7 Å². The van der Waals surface area contributed by atoms with Gasteiger partial charge in [-0.2, -0.15) is 0 Å². The molecule has 0 bridgehead atoms. The number of nitro benzene ring substituents is 1. The van der Waals surface area contributed by atoms with Crippen LogP contribution < -0.4 is 5.73 Å². The molecule has 1 unspecified atom stereocenters. The van der Waals surface area contributed by atoms with Crippen molar-refractivity contribution in [2.45, 2.75) is 25.4 Å². The molecule has 5 nitrogen and oxygen atoms in total. The minimum absolute atomic E-state index is 0.0749. The molecule has 1 aliphatic rings. The summed E-state index contributed by atoms with van der Waals surface area (Å²) in [5.74, 6) is 0.640. The molecule has 6 heteroatoms. The quantitative estimate of drug-likeness (QED) is 0.643. The first-order valence-corrected chi connectivity index (χ1v) is 6.74. The van der Waals surface area contributed by atoms with E-state index in [1.807, 2.05) is 7.05 Å². The summed E-state index contributed by atoms with van der Waals surface area (Å²) < 4.78 is 0. The van der Waals surface area contributed by atoms with Crippen molar-refractivity contribution in [3.8, 4) is 0 Å². The molecule has 104 valence electrons. The number of nitro groups is 1. The van der Waals surface area contributed by atoms with Gasteiger partial charge < -0.3 is 5.73 Å². The van der Waals surface area contributed by atoms with Crippen LogP contribution in [0.15, 0.2) is 18.2 Å². The maximum Gasteiger partial charge on any atom is 0.275 e. The van der Waals surface area contributed by atoms with Crippen LogP contribution in [0.2, 0.25) is 5.02 Å². The van der Waals surface area contributed by atoms with E-state index in [2.05, 4.69) is 4.90 Å². The summed E-state index contributed by atoms with van der Waals surface area (Å²) in [7, 11) is 1.97. The standard InChI is InChI=1S/C13H18ClN3O2/c1-16(13(7-15)9-2-3-9)8-10-4-5-11(14)6-12(10)17(18)19/h4-6,9,13H,2-3,7-8,15H2,1H3. The zero-order valence-corrected chi connectivity index (χ0v) is 11.6. The Morgan fingerprint density at radius 3 is 2.79 bits per heavy atom. The van der Waals surface area contributed by atoms with Crippen LogP contribution in [0.25, 0.3) is 0 Å².